The molecule has 1 aromatic carbocycles. The summed E-state index contributed by atoms with van der Waals surface area (Å²) >= 11 is 0. The van der Waals surface area contributed by atoms with Gasteiger partial charge in [-0.1, -0.05) is 18.2 Å². The van der Waals surface area contributed by atoms with Crippen LogP contribution in [0.1, 0.15) is 58.1 Å². The fourth-order valence-electron chi connectivity index (χ4n) is 4.09. The molecule has 144 valence electrons. The van der Waals surface area contributed by atoms with Crippen LogP contribution in [0.15, 0.2) is 24.3 Å². The minimum absolute atomic E-state index is 0.0895. The van der Waals surface area contributed by atoms with Crippen molar-refractivity contribution in [2.24, 2.45) is 5.41 Å². The first-order chi connectivity index (χ1) is 11.8. The van der Waals surface area contributed by atoms with Gasteiger partial charge in [-0.3, -0.25) is 0 Å². The van der Waals surface area contributed by atoms with E-state index in [1.54, 1.807) is 17.0 Å². The van der Waals surface area contributed by atoms with Gasteiger partial charge in [0, 0.05) is 31.0 Å². The summed E-state index contributed by atoms with van der Waals surface area (Å²) in [5, 5.41) is 11.1. The molecule has 1 saturated heterocycles. The van der Waals surface area contributed by atoms with E-state index in [9.17, 15) is 18.7 Å². The number of carbonyl (C=O) groups excluding carboxylic acids is 1. The third-order valence-corrected chi connectivity index (χ3v) is 5.35. The SMILES string of the molecule is CC(C)(C)OC(=O)N1CC2(CCC(O)(c3cccc(C(C)(F)F)c3)C2)C1. The van der Waals surface area contributed by atoms with Gasteiger partial charge in [0.2, 0.25) is 0 Å². The number of halogens is 2. The van der Waals surface area contributed by atoms with Gasteiger partial charge in [0.1, 0.15) is 5.60 Å². The zero-order valence-corrected chi connectivity index (χ0v) is 15.8. The van der Waals surface area contributed by atoms with E-state index in [2.05, 4.69) is 0 Å². The topological polar surface area (TPSA) is 49.8 Å². The van der Waals surface area contributed by atoms with Crippen molar-refractivity contribution in [3.8, 4) is 0 Å². The van der Waals surface area contributed by atoms with E-state index in [1.807, 2.05) is 20.8 Å². The van der Waals surface area contributed by atoms with Crippen molar-refractivity contribution >= 4 is 6.09 Å². The van der Waals surface area contributed by atoms with E-state index in [0.717, 1.165) is 13.3 Å². The summed E-state index contributed by atoms with van der Waals surface area (Å²) in [5.74, 6) is -2.94. The minimum atomic E-state index is -2.94. The molecule has 1 atom stereocenters. The molecule has 1 amide bonds. The standard InChI is InChI=1S/C20H27F2NO3/c1-17(2,3)26-16(24)23-12-19(13-23)8-9-20(25,11-19)15-7-5-6-14(10-15)18(4,21)22/h5-7,10,25H,8-9,11-13H2,1-4H3. The van der Waals surface area contributed by atoms with Gasteiger partial charge in [-0.25, -0.2) is 13.6 Å². The Morgan fingerprint density at radius 3 is 2.42 bits per heavy atom. The Bertz CT molecular complexity index is 702. The molecule has 0 bridgehead atoms. The number of carbonyl (C=O) groups is 1. The van der Waals surface area contributed by atoms with Gasteiger partial charge in [0.05, 0.1) is 5.60 Å². The number of rotatable bonds is 2. The molecule has 2 aliphatic rings. The molecule has 1 heterocycles. The van der Waals surface area contributed by atoms with E-state index in [0.29, 0.717) is 31.5 Å². The van der Waals surface area contributed by atoms with Crippen molar-refractivity contribution in [1.29, 1.82) is 0 Å². The van der Waals surface area contributed by atoms with E-state index >= 15 is 0 Å². The van der Waals surface area contributed by atoms with Crippen molar-refractivity contribution in [1.82, 2.24) is 4.90 Å². The quantitative estimate of drug-likeness (QED) is 0.842. The molecule has 1 N–H and O–H groups in total. The lowest BCUT2D eigenvalue weighted by Crippen LogP contribution is -2.58. The van der Waals surface area contributed by atoms with Crippen molar-refractivity contribution < 1.29 is 23.4 Å². The van der Waals surface area contributed by atoms with Gasteiger partial charge in [0.15, 0.2) is 0 Å². The Morgan fingerprint density at radius 1 is 1.19 bits per heavy atom. The third-order valence-electron chi connectivity index (χ3n) is 5.35. The smallest absolute Gasteiger partial charge is 0.410 e. The first-order valence-corrected chi connectivity index (χ1v) is 9.01. The maximum absolute atomic E-state index is 13.6. The number of amides is 1. The summed E-state index contributed by atoms with van der Waals surface area (Å²) in [6, 6.07) is 6.06. The van der Waals surface area contributed by atoms with Crippen molar-refractivity contribution in [3.05, 3.63) is 35.4 Å². The number of likely N-dealkylation sites (tertiary alicyclic amines) is 1. The summed E-state index contributed by atoms with van der Waals surface area (Å²) in [6.45, 7) is 7.40. The molecular formula is C20H27F2NO3. The summed E-state index contributed by atoms with van der Waals surface area (Å²) in [5.41, 5.74) is -1.38. The molecule has 1 unspecified atom stereocenters. The highest BCUT2D eigenvalue weighted by Gasteiger charge is 2.55. The molecule has 2 fully saturated rings. The van der Waals surface area contributed by atoms with Crippen LogP contribution in [0, 0.1) is 5.41 Å². The van der Waals surface area contributed by atoms with Gasteiger partial charge >= 0.3 is 6.09 Å². The number of hydrogen-bond donors (Lipinski definition) is 1. The van der Waals surface area contributed by atoms with Crippen LogP contribution in [-0.4, -0.2) is 34.8 Å². The van der Waals surface area contributed by atoms with Gasteiger partial charge in [0.25, 0.3) is 5.92 Å². The molecule has 26 heavy (non-hydrogen) atoms. The molecule has 1 aliphatic carbocycles. The van der Waals surface area contributed by atoms with E-state index in [4.69, 9.17) is 4.74 Å². The molecule has 4 nitrogen and oxygen atoms in total. The van der Waals surface area contributed by atoms with Crippen molar-refractivity contribution in [2.75, 3.05) is 13.1 Å². The normalized spacial score (nSPS) is 25.3. The summed E-state index contributed by atoms with van der Waals surface area (Å²) < 4.78 is 32.6. The number of aliphatic hydroxyl groups is 1. The second kappa shape index (κ2) is 5.91. The molecule has 1 aliphatic heterocycles. The maximum atomic E-state index is 13.6. The highest BCUT2D eigenvalue weighted by atomic mass is 19.3. The Balaban J connectivity index is 1.69. The zero-order chi connectivity index (χ0) is 19.4. The van der Waals surface area contributed by atoms with E-state index in [-0.39, 0.29) is 17.1 Å². The molecule has 0 aromatic heterocycles. The number of hydrogen-bond acceptors (Lipinski definition) is 3. The number of nitrogens with zero attached hydrogens (tertiary/aromatic N) is 1. The average molecular weight is 367 g/mol. The highest BCUT2D eigenvalue weighted by Crippen LogP contribution is 2.54. The Hall–Kier alpha value is -1.69. The van der Waals surface area contributed by atoms with Gasteiger partial charge in [-0.05, 0) is 51.7 Å². The second-order valence-electron chi connectivity index (χ2n) is 9.01. The van der Waals surface area contributed by atoms with E-state index < -0.39 is 17.1 Å². The second-order valence-corrected chi connectivity index (χ2v) is 9.01. The van der Waals surface area contributed by atoms with Crippen LogP contribution >= 0.6 is 0 Å². The van der Waals surface area contributed by atoms with Crippen molar-refractivity contribution in [2.45, 2.75) is 64.1 Å². The fraction of sp³-hybridized carbons (Fsp3) is 0.650. The highest BCUT2D eigenvalue weighted by molar-refractivity contribution is 5.69. The monoisotopic (exact) mass is 367 g/mol. The van der Waals surface area contributed by atoms with Crippen molar-refractivity contribution in [3.63, 3.8) is 0 Å². The average Bonchev–Trinajstić information content (AvgIpc) is 2.83. The largest absolute Gasteiger partial charge is 0.444 e. The predicted octanol–water partition coefficient (Wildman–Crippen LogP) is 4.41. The first kappa shape index (κ1) is 19.1. The summed E-state index contributed by atoms with van der Waals surface area (Å²) in [6.07, 6.45) is 1.40. The summed E-state index contributed by atoms with van der Waals surface area (Å²) in [4.78, 5) is 13.8. The van der Waals surface area contributed by atoms with Gasteiger partial charge in [-0.15, -0.1) is 0 Å². The Labute approximate surface area is 153 Å². The Kier molecular flexibility index (Phi) is 4.34. The molecule has 1 saturated carbocycles. The predicted molar refractivity (Wildman–Crippen MR) is 94.0 cm³/mol. The third kappa shape index (κ3) is 3.70. The first-order valence-electron chi connectivity index (χ1n) is 9.01. The lowest BCUT2D eigenvalue weighted by atomic mass is 9.76. The number of benzene rings is 1. The van der Waals surface area contributed by atoms with Crippen LogP contribution in [0.25, 0.3) is 0 Å². The molecule has 3 rings (SSSR count). The lowest BCUT2D eigenvalue weighted by molar-refractivity contribution is -0.0480. The van der Waals surface area contributed by atoms with Gasteiger partial charge < -0.3 is 14.7 Å². The maximum Gasteiger partial charge on any atom is 0.410 e. The van der Waals surface area contributed by atoms with Crippen LogP contribution in [0.5, 0.6) is 0 Å². The minimum Gasteiger partial charge on any atom is -0.444 e. The zero-order valence-electron chi connectivity index (χ0n) is 15.8. The molecular weight excluding hydrogens is 340 g/mol. The molecule has 6 heteroatoms. The van der Waals surface area contributed by atoms with Crippen LogP contribution in [-0.2, 0) is 16.3 Å². The lowest BCUT2D eigenvalue weighted by Gasteiger charge is -2.48. The number of ether oxygens (including phenoxy) is 1. The van der Waals surface area contributed by atoms with Gasteiger partial charge in [-0.2, -0.15) is 0 Å². The molecule has 1 spiro atoms. The van der Waals surface area contributed by atoms with Crippen LogP contribution in [0.3, 0.4) is 0 Å². The Morgan fingerprint density at radius 2 is 1.85 bits per heavy atom. The van der Waals surface area contributed by atoms with Crippen LogP contribution in [0.2, 0.25) is 0 Å². The summed E-state index contributed by atoms with van der Waals surface area (Å²) in [7, 11) is 0. The van der Waals surface area contributed by atoms with Crippen LogP contribution < -0.4 is 0 Å². The van der Waals surface area contributed by atoms with E-state index in [1.165, 1.54) is 12.1 Å². The van der Waals surface area contributed by atoms with Crippen LogP contribution in [0.4, 0.5) is 13.6 Å². The fourth-order valence-corrected chi connectivity index (χ4v) is 4.09. The number of alkyl halides is 2. The molecule has 0 radical (unpaired) electrons. The molecule has 1 aromatic rings.